The van der Waals surface area contributed by atoms with Crippen molar-refractivity contribution in [2.24, 2.45) is 5.73 Å². The van der Waals surface area contributed by atoms with Crippen LogP contribution in [0.25, 0.3) is 0 Å². The molecule has 0 rings (SSSR count). The van der Waals surface area contributed by atoms with Gasteiger partial charge < -0.3 is 5.73 Å². The van der Waals surface area contributed by atoms with Crippen molar-refractivity contribution in [1.29, 1.82) is 0 Å². The summed E-state index contributed by atoms with van der Waals surface area (Å²) >= 11 is 0. The molecule has 0 aliphatic heterocycles. The van der Waals surface area contributed by atoms with Crippen molar-refractivity contribution in [3.05, 3.63) is 0 Å². The molecule has 0 fully saturated rings. The molecule has 2 nitrogen and oxygen atoms in total. The molecule has 0 aromatic heterocycles. The fourth-order valence-corrected chi connectivity index (χ4v) is 2.77. The van der Waals surface area contributed by atoms with Crippen molar-refractivity contribution in [2.45, 2.75) is 84.7 Å². The third-order valence-electron chi connectivity index (χ3n) is 4.37. The minimum atomic E-state index is 0.176. The highest BCUT2D eigenvalue weighted by Gasteiger charge is 2.33. The Morgan fingerprint density at radius 3 is 2.00 bits per heavy atom. The van der Waals surface area contributed by atoms with Crippen LogP contribution >= 0.6 is 0 Å². The molecule has 0 saturated carbocycles. The predicted molar refractivity (Wildman–Crippen MR) is 78.4 cm³/mol. The number of hydrogen-bond acceptors (Lipinski definition) is 2. The third kappa shape index (κ3) is 4.97. The second-order valence-electron chi connectivity index (χ2n) is 5.34. The lowest BCUT2D eigenvalue weighted by Crippen LogP contribution is -2.57. The molecule has 0 bridgehead atoms. The van der Waals surface area contributed by atoms with E-state index in [1.165, 1.54) is 32.1 Å². The predicted octanol–water partition coefficient (Wildman–Crippen LogP) is 3.79. The first-order chi connectivity index (χ1) is 8.06. The van der Waals surface area contributed by atoms with Gasteiger partial charge in [0.25, 0.3) is 0 Å². The molecule has 2 heteroatoms. The van der Waals surface area contributed by atoms with Crippen LogP contribution in [0.15, 0.2) is 0 Å². The van der Waals surface area contributed by atoms with Gasteiger partial charge in [0.1, 0.15) is 0 Å². The van der Waals surface area contributed by atoms with Gasteiger partial charge in [-0.1, -0.05) is 53.4 Å². The Morgan fingerprint density at radius 1 is 1.00 bits per heavy atom. The van der Waals surface area contributed by atoms with Crippen LogP contribution in [0.4, 0.5) is 0 Å². The molecule has 2 atom stereocenters. The summed E-state index contributed by atoms with van der Waals surface area (Å²) in [5.74, 6) is 0. The number of likely N-dealkylation sites (N-methyl/N-ethyl adjacent to an activating group) is 1. The maximum Gasteiger partial charge on any atom is 0.0329 e. The molecule has 0 aliphatic rings. The molecule has 2 unspecified atom stereocenters. The fourth-order valence-electron chi connectivity index (χ4n) is 2.77. The summed E-state index contributed by atoms with van der Waals surface area (Å²) in [5.41, 5.74) is 6.63. The molecule has 0 saturated heterocycles. The van der Waals surface area contributed by atoms with E-state index < -0.39 is 0 Å². The van der Waals surface area contributed by atoms with Gasteiger partial charge in [0, 0.05) is 11.6 Å². The van der Waals surface area contributed by atoms with Gasteiger partial charge in [-0.2, -0.15) is 0 Å². The van der Waals surface area contributed by atoms with Gasteiger partial charge in [-0.3, -0.25) is 4.90 Å². The topological polar surface area (TPSA) is 29.3 Å². The summed E-state index contributed by atoms with van der Waals surface area (Å²) in [6.07, 6.45) is 7.58. The normalized spacial score (nSPS) is 17.1. The zero-order chi connectivity index (χ0) is 13.3. The van der Waals surface area contributed by atoms with Crippen molar-refractivity contribution in [3.63, 3.8) is 0 Å². The lowest BCUT2D eigenvalue weighted by molar-refractivity contribution is 0.0804. The zero-order valence-corrected chi connectivity index (χ0v) is 12.8. The second kappa shape index (κ2) is 8.93. The van der Waals surface area contributed by atoms with Gasteiger partial charge in [0.2, 0.25) is 0 Å². The van der Waals surface area contributed by atoms with E-state index >= 15 is 0 Å². The average molecular weight is 242 g/mol. The smallest absolute Gasteiger partial charge is 0.0329 e. The summed E-state index contributed by atoms with van der Waals surface area (Å²) in [7, 11) is 0. The van der Waals surface area contributed by atoms with Crippen LogP contribution in [0, 0.1) is 0 Å². The quantitative estimate of drug-likeness (QED) is 0.591. The number of nitrogens with two attached hydrogens (primary N) is 1. The summed E-state index contributed by atoms with van der Waals surface area (Å²) < 4.78 is 0. The van der Waals surface area contributed by atoms with E-state index in [-0.39, 0.29) is 5.54 Å². The lowest BCUT2D eigenvalue weighted by Gasteiger charge is -2.44. The second-order valence-corrected chi connectivity index (χ2v) is 5.34. The van der Waals surface area contributed by atoms with Crippen LogP contribution in [0.3, 0.4) is 0 Å². The first-order valence-electron chi connectivity index (χ1n) is 7.57. The molecule has 0 aliphatic carbocycles. The summed E-state index contributed by atoms with van der Waals surface area (Å²) in [6, 6.07) is 0.309. The molecule has 0 aromatic rings. The number of nitrogens with zero attached hydrogens (tertiary/aromatic N) is 1. The number of unbranched alkanes of at least 4 members (excludes halogenated alkanes) is 3. The highest BCUT2D eigenvalue weighted by atomic mass is 15.2. The highest BCUT2D eigenvalue weighted by Crippen LogP contribution is 2.25. The van der Waals surface area contributed by atoms with Gasteiger partial charge >= 0.3 is 0 Å². The van der Waals surface area contributed by atoms with Gasteiger partial charge in [-0.25, -0.2) is 0 Å². The maximum absolute atomic E-state index is 6.46. The molecule has 17 heavy (non-hydrogen) atoms. The van der Waals surface area contributed by atoms with Gasteiger partial charge in [-0.05, 0) is 32.9 Å². The Balaban J connectivity index is 4.30. The molecule has 2 N–H and O–H groups in total. The summed E-state index contributed by atoms with van der Waals surface area (Å²) in [5, 5.41) is 0. The Bertz CT molecular complexity index is 178. The largest absolute Gasteiger partial charge is 0.326 e. The summed E-state index contributed by atoms with van der Waals surface area (Å²) in [4.78, 5) is 2.53. The Morgan fingerprint density at radius 2 is 1.59 bits per heavy atom. The summed E-state index contributed by atoms with van der Waals surface area (Å²) in [6.45, 7) is 13.5. The van der Waals surface area contributed by atoms with Gasteiger partial charge in [0.15, 0.2) is 0 Å². The molecular weight excluding hydrogens is 208 g/mol. The maximum atomic E-state index is 6.46. The molecule has 104 valence electrons. The van der Waals surface area contributed by atoms with Crippen LogP contribution in [-0.4, -0.2) is 29.6 Å². The SMILES string of the molecule is CCCCCCC(N)C(C)(CC)N(CC)CC. The first-order valence-corrected chi connectivity index (χ1v) is 7.57. The highest BCUT2D eigenvalue weighted by molar-refractivity contribution is 4.93. The van der Waals surface area contributed by atoms with Crippen molar-refractivity contribution < 1.29 is 0 Å². The molecule has 0 radical (unpaired) electrons. The molecule has 0 heterocycles. The number of hydrogen-bond donors (Lipinski definition) is 1. The van der Waals surface area contributed by atoms with E-state index in [1.807, 2.05) is 0 Å². The van der Waals surface area contributed by atoms with E-state index in [9.17, 15) is 0 Å². The van der Waals surface area contributed by atoms with Gasteiger partial charge in [-0.15, -0.1) is 0 Å². The Labute approximate surface area is 109 Å². The van der Waals surface area contributed by atoms with E-state index in [4.69, 9.17) is 5.73 Å². The standard InChI is InChI=1S/C15H34N2/c1-6-10-11-12-13-14(16)15(5,7-2)17(8-3)9-4/h14H,6-13,16H2,1-5H3. The van der Waals surface area contributed by atoms with Crippen molar-refractivity contribution in [3.8, 4) is 0 Å². The van der Waals surface area contributed by atoms with Crippen molar-refractivity contribution >= 4 is 0 Å². The third-order valence-corrected chi connectivity index (χ3v) is 4.37. The van der Waals surface area contributed by atoms with Crippen LogP contribution in [0.2, 0.25) is 0 Å². The number of rotatable bonds is 10. The molecule has 0 amide bonds. The lowest BCUT2D eigenvalue weighted by atomic mass is 9.84. The van der Waals surface area contributed by atoms with E-state index in [2.05, 4.69) is 39.5 Å². The van der Waals surface area contributed by atoms with Crippen LogP contribution < -0.4 is 5.73 Å². The average Bonchev–Trinajstić information content (AvgIpc) is 2.35. The van der Waals surface area contributed by atoms with Gasteiger partial charge in [0.05, 0.1) is 0 Å². The molecule has 0 spiro atoms. The van der Waals surface area contributed by atoms with Crippen molar-refractivity contribution in [2.75, 3.05) is 13.1 Å². The minimum Gasteiger partial charge on any atom is -0.326 e. The van der Waals surface area contributed by atoms with Crippen LogP contribution in [0.5, 0.6) is 0 Å². The monoisotopic (exact) mass is 242 g/mol. The van der Waals surface area contributed by atoms with Crippen LogP contribution in [0.1, 0.15) is 73.1 Å². The van der Waals surface area contributed by atoms with E-state index in [0.29, 0.717) is 6.04 Å². The van der Waals surface area contributed by atoms with E-state index in [0.717, 1.165) is 19.5 Å². The Kier molecular flexibility index (Phi) is 8.89. The first kappa shape index (κ1) is 16.9. The molecule has 0 aromatic carbocycles. The molecular formula is C15H34N2. The van der Waals surface area contributed by atoms with Crippen LogP contribution in [-0.2, 0) is 0 Å². The zero-order valence-electron chi connectivity index (χ0n) is 12.8. The Hall–Kier alpha value is -0.0800. The minimum absolute atomic E-state index is 0.176. The van der Waals surface area contributed by atoms with Crippen molar-refractivity contribution in [1.82, 2.24) is 4.90 Å². The fraction of sp³-hybridized carbons (Fsp3) is 1.00. The van der Waals surface area contributed by atoms with E-state index in [1.54, 1.807) is 0 Å².